The lowest BCUT2D eigenvalue weighted by Crippen LogP contribution is -2.61. The molecule has 0 aromatic rings. The van der Waals surface area contributed by atoms with Crippen molar-refractivity contribution in [2.24, 2.45) is 11.3 Å². The molecule has 1 N–H and O–H groups in total. The molecule has 0 aromatic carbocycles. The molecule has 17 heavy (non-hydrogen) atoms. The van der Waals surface area contributed by atoms with E-state index in [1.807, 2.05) is 0 Å². The van der Waals surface area contributed by atoms with E-state index in [9.17, 15) is 0 Å². The molecular formula is C14H30N2O. The van der Waals surface area contributed by atoms with Crippen molar-refractivity contribution in [1.29, 1.82) is 0 Å². The van der Waals surface area contributed by atoms with Gasteiger partial charge in [0.1, 0.15) is 0 Å². The average Bonchev–Trinajstić information content (AvgIpc) is 2.20. The Bertz CT molecular complexity index is 226. The van der Waals surface area contributed by atoms with Crippen LogP contribution in [0.3, 0.4) is 0 Å². The summed E-state index contributed by atoms with van der Waals surface area (Å²) in [5, 5.41) is 3.64. The first-order valence-electron chi connectivity index (χ1n) is 6.83. The van der Waals surface area contributed by atoms with Crippen molar-refractivity contribution in [3.8, 4) is 0 Å². The van der Waals surface area contributed by atoms with E-state index < -0.39 is 0 Å². The Hall–Kier alpha value is -0.120. The second kappa shape index (κ2) is 6.17. The van der Waals surface area contributed by atoms with Crippen LogP contribution in [0.15, 0.2) is 0 Å². The van der Waals surface area contributed by atoms with E-state index in [4.69, 9.17) is 4.74 Å². The fraction of sp³-hybridized carbons (Fsp3) is 1.00. The average molecular weight is 242 g/mol. The zero-order valence-electron chi connectivity index (χ0n) is 12.4. The molecule has 3 nitrogen and oxygen atoms in total. The van der Waals surface area contributed by atoms with Gasteiger partial charge < -0.3 is 15.0 Å². The van der Waals surface area contributed by atoms with Crippen LogP contribution in [0.2, 0.25) is 0 Å². The Labute approximate surface area is 107 Å². The van der Waals surface area contributed by atoms with Crippen LogP contribution in [0.25, 0.3) is 0 Å². The topological polar surface area (TPSA) is 24.5 Å². The Morgan fingerprint density at radius 3 is 2.47 bits per heavy atom. The maximum atomic E-state index is 5.96. The summed E-state index contributed by atoms with van der Waals surface area (Å²) >= 11 is 0. The van der Waals surface area contributed by atoms with Crippen molar-refractivity contribution in [1.82, 2.24) is 10.2 Å². The fourth-order valence-corrected chi connectivity index (χ4v) is 2.29. The highest BCUT2D eigenvalue weighted by molar-refractivity contribution is 5.02. The van der Waals surface area contributed by atoms with Crippen molar-refractivity contribution in [2.45, 2.75) is 46.3 Å². The van der Waals surface area contributed by atoms with E-state index in [-0.39, 0.29) is 5.41 Å². The predicted octanol–water partition coefficient (Wildman–Crippen LogP) is 1.98. The van der Waals surface area contributed by atoms with Crippen molar-refractivity contribution in [3.63, 3.8) is 0 Å². The molecule has 2 unspecified atom stereocenters. The van der Waals surface area contributed by atoms with Crippen LogP contribution < -0.4 is 5.32 Å². The van der Waals surface area contributed by atoms with Gasteiger partial charge in [0.15, 0.2) is 0 Å². The summed E-state index contributed by atoms with van der Waals surface area (Å²) in [4.78, 5) is 2.21. The Morgan fingerprint density at radius 2 is 2.00 bits per heavy atom. The van der Waals surface area contributed by atoms with Crippen LogP contribution in [0.1, 0.15) is 34.1 Å². The number of nitrogens with one attached hydrogen (secondary N) is 1. The lowest BCUT2D eigenvalue weighted by Gasteiger charge is -2.52. The zero-order chi connectivity index (χ0) is 13.1. The summed E-state index contributed by atoms with van der Waals surface area (Å²) in [6.45, 7) is 12.1. The molecule has 0 aromatic heterocycles. The van der Waals surface area contributed by atoms with Gasteiger partial charge in [-0.05, 0) is 26.4 Å². The molecule has 1 saturated carbocycles. The van der Waals surface area contributed by atoms with Gasteiger partial charge in [0.05, 0.1) is 6.10 Å². The second-order valence-corrected chi connectivity index (χ2v) is 6.58. The number of hydrogen-bond acceptors (Lipinski definition) is 3. The van der Waals surface area contributed by atoms with E-state index in [1.165, 1.54) is 0 Å². The van der Waals surface area contributed by atoms with Crippen LogP contribution in [0, 0.1) is 11.3 Å². The molecule has 0 saturated heterocycles. The second-order valence-electron chi connectivity index (χ2n) is 6.58. The van der Waals surface area contributed by atoms with Gasteiger partial charge in [0.25, 0.3) is 0 Å². The summed E-state index contributed by atoms with van der Waals surface area (Å²) in [5.74, 6) is 0.631. The fourth-order valence-electron chi connectivity index (χ4n) is 2.29. The first kappa shape index (κ1) is 14.9. The summed E-state index contributed by atoms with van der Waals surface area (Å²) in [6, 6.07) is 0.611. The Balaban J connectivity index is 2.23. The summed E-state index contributed by atoms with van der Waals surface area (Å²) in [7, 11) is 4.23. The van der Waals surface area contributed by atoms with Gasteiger partial charge >= 0.3 is 0 Å². The van der Waals surface area contributed by atoms with Gasteiger partial charge in [-0.1, -0.05) is 27.7 Å². The molecule has 2 atom stereocenters. The van der Waals surface area contributed by atoms with E-state index in [1.54, 1.807) is 0 Å². The van der Waals surface area contributed by atoms with Crippen LogP contribution in [-0.4, -0.2) is 50.8 Å². The summed E-state index contributed by atoms with van der Waals surface area (Å²) in [5.41, 5.74) is 0.279. The molecule has 0 spiro atoms. The SMILES string of the molecule is CC(C)COC1CC(NCCN(C)C)C1(C)C. The maximum absolute atomic E-state index is 5.96. The van der Waals surface area contributed by atoms with Crippen molar-refractivity contribution in [2.75, 3.05) is 33.8 Å². The molecular weight excluding hydrogens is 212 g/mol. The number of ether oxygens (including phenoxy) is 1. The molecule has 1 aliphatic carbocycles. The molecule has 0 radical (unpaired) electrons. The molecule has 3 heteroatoms. The van der Waals surface area contributed by atoms with Crippen LogP contribution >= 0.6 is 0 Å². The first-order valence-corrected chi connectivity index (χ1v) is 6.83. The standard InChI is InChI=1S/C14H30N2O/c1-11(2)10-17-13-9-12(14(13,3)4)15-7-8-16(5)6/h11-13,15H,7-10H2,1-6H3. The highest BCUT2D eigenvalue weighted by Crippen LogP contribution is 2.42. The van der Waals surface area contributed by atoms with E-state index in [2.05, 4.69) is 52.0 Å². The number of nitrogens with zero attached hydrogens (tertiary/aromatic N) is 1. The molecule has 0 heterocycles. The normalized spacial score (nSPS) is 27.5. The monoisotopic (exact) mass is 242 g/mol. The number of rotatable bonds is 7. The third kappa shape index (κ3) is 4.23. The smallest absolute Gasteiger partial charge is 0.0656 e. The summed E-state index contributed by atoms with van der Waals surface area (Å²) < 4.78 is 5.96. The molecule has 1 fully saturated rings. The first-order chi connectivity index (χ1) is 7.84. The quantitative estimate of drug-likeness (QED) is 0.739. The summed E-state index contributed by atoms with van der Waals surface area (Å²) in [6.07, 6.45) is 1.59. The Morgan fingerprint density at radius 1 is 1.35 bits per heavy atom. The lowest BCUT2D eigenvalue weighted by molar-refractivity contribution is -0.123. The largest absolute Gasteiger partial charge is 0.377 e. The molecule has 0 bridgehead atoms. The molecule has 102 valence electrons. The minimum absolute atomic E-state index is 0.279. The molecule has 0 aliphatic heterocycles. The number of likely N-dealkylation sites (N-methyl/N-ethyl adjacent to an activating group) is 1. The highest BCUT2D eigenvalue weighted by atomic mass is 16.5. The molecule has 0 amide bonds. The van der Waals surface area contributed by atoms with Crippen molar-refractivity contribution >= 4 is 0 Å². The van der Waals surface area contributed by atoms with Gasteiger partial charge in [-0.15, -0.1) is 0 Å². The third-order valence-corrected chi connectivity index (χ3v) is 3.76. The predicted molar refractivity (Wildman–Crippen MR) is 73.3 cm³/mol. The van der Waals surface area contributed by atoms with Gasteiger partial charge in [-0.3, -0.25) is 0 Å². The van der Waals surface area contributed by atoms with E-state index in [0.29, 0.717) is 18.1 Å². The maximum Gasteiger partial charge on any atom is 0.0656 e. The van der Waals surface area contributed by atoms with Crippen molar-refractivity contribution in [3.05, 3.63) is 0 Å². The van der Waals surface area contributed by atoms with Crippen molar-refractivity contribution < 1.29 is 4.74 Å². The van der Waals surface area contributed by atoms with Crippen LogP contribution in [0.5, 0.6) is 0 Å². The van der Waals surface area contributed by atoms with Crippen LogP contribution in [-0.2, 0) is 4.74 Å². The minimum Gasteiger partial charge on any atom is -0.377 e. The van der Waals surface area contributed by atoms with Crippen LogP contribution in [0.4, 0.5) is 0 Å². The van der Waals surface area contributed by atoms with E-state index >= 15 is 0 Å². The molecule has 1 rings (SSSR count). The Kier molecular flexibility index (Phi) is 5.42. The van der Waals surface area contributed by atoms with Gasteiger partial charge in [0, 0.05) is 31.2 Å². The van der Waals surface area contributed by atoms with E-state index in [0.717, 1.165) is 26.1 Å². The highest BCUT2D eigenvalue weighted by Gasteiger charge is 2.48. The van der Waals surface area contributed by atoms with Gasteiger partial charge in [0.2, 0.25) is 0 Å². The van der Waals surface area contributed by atoms with Gasteiger partial charge in [-0.25, -0.2) is 0 Å². The minimum atomic E-state index is 0.279. The lowest BCUT2D eigenvalue weighted by atomic mass is 9.64. The third-order valence-electron chi connectivity index (χ3n) is 3.76. The zero-order valence-corrected chi connectivity index (χ0v) is 12.4. The number of hydrogen-bond donors (Lipinski definition) is 1. The van der Waals surface area contributed by atoms with Gasteiger partial charge in [-0.2, -0.15) is 0 Å². The molecule has 1 aliphatic rings.